The van der Waals surface area contributed by atoms with Crippen LogP contribution in [0.15, 0.2) is 22.7 Å². The fourth-order valence-corrected chi connectivity index (χ4v) is 2.85. The molecule has 2 rings (SSSR count). The number of halogens is 1. The average Bonchev–Trinajstić information content (AvgIpc) is 2.32. The first-order valence-electron chi connectivity index (χ1n) is 6.17. The number of ketones is 1. The van der Waals surface area contributed by atoms with Crippen molar-refractivity contribution in [2.75, 3.05) is 5.73 Å². The molecular formula is C14H18BrNO. The molecule has 1 aromatic rings. The lowest BCUT2D eigenvalue weighted by Gasteiger charge is -2.25. The van der Waals surface area contributed by atoms with Gasteiger partial charge in [-0.2, -0.15) is 0 Å². The Hall–Kier alpha value is -0.830. The van der Waals surface area contributed by atoms with Crippen LogP contribution in [0.5, 0.6) is 0 Å². The van der Waals surface area contributed by atoms with E-state index in [9.17, 15) is 4.79 Å². The van der Waals surface area contributed by atoms with Gasteiger partial charge in [-0.15, -0.1) is 0 Å². The summed E-state index contributed by atoms with van der Waals surface area (Å²) in [6.07, 6.45) is 4.33. The zero-order valence-electron chi connectivity index (χ0n) is 10.1. The molecule has 0 radical (unpaired) electrons. The number of rotatable bonds is 2. The van der Waals surface area contributed by atoms with Crippen LogP contribution in [-0.2, 0) is 0 Å². The summed E-state index contributed by atoms with van der Waals surface area (Å²) < 4.78 is 0.916. The van der Waals surface area contributed by atoms with Gasteiger partial charge in [0, 0.05) is 21.6 Å². The van der Waals surface area contributed by atoms with Gasteiger partial charge in [-0.25, -0.2) is 0 Å². The first-order chi connectivity index (χ1) is 8.08. The Kier molecular flexibility index (Phi) is 3.87. The standard InChI is InChI=1S/C14H18BrNO/c1-9-2-4-10(5-3-9)14(17)12-8-11(15)6-7-13(12)16/h6-10H,2-5,16H2,1H3. The van der Waals surface area contributed by atoms with Crippen LogP contribution < -0.4 is 5.73 Å². The monoisotopic (exact) mass is 295 g/mol. The Labute approximate surface area is 111 Å². The number of benzene rings is 1. The minimum Gasteiger partial charge on any atom is -0.398 e. The highest BCUT2D eigenvalue weighted by atomic mass is 79.9. The third-order valence-electron chi connectivity index (χ3n) is 3.67. The number of Topliss-reactive ketones (excluding diaryl/α,β-unsaturated/α-hetero) is 1. The average molecular weight is 296 g/mol. The molecule has 1 aromatic carbocycles. The van der Waals surface area contributed by atoms with Gasteiger partial charge in [0.1, 0.15) is 0 Å². The molecule has 2 nitrogen and oxygen atoms in total. The van der Waals surface area contributed by atoms with Gasteiger partial charge in [-0.3, -0.25) is 4.79 Å². The molecular weight excluding hydrogens is 278 g/mol. The molecule has 0 saturated heterocycles. The molecule has 0 heterocycles. The molecule has 0 spiro atoms. The van der Waals surface area contributed by atoms with Crippen molar-refractivity contribution in [3.8, 4) is 0 Å². The van der Waals surface area contributed by atoms with Crippen molar-refractivity contribution in [3.05, 3.63) is 28.2 Å². The van der Waals surface area contributed by atoms with Crippen LogP contribution in [-0.4, -0.2) is 5.78 Å². The molecule has 92 valence electrons. The number of carbonyl (C=O) groups excluding carboxylic acids is 1. The highest BCUT2D eigenvalue weighted by Crippen LogP contribution is 2.32. The third kappa shape index (κ3) is 2.89. The van der Waals surface area contributed by atoms with E-state index < -0.39 is 0 Å². The summed E-state index contributed by atoms with van der Waals surface area (Å²) in [6.45, 7) is 2.26. The molecule has 0 amide bonds. The van der Waals surface area contributed by atoms with E-state index in [4.69, 9.17) is 5.73 Å². The summed E-state index contributed by atoms with van der Waals surface area (Å²) in [5, 5.41) is 0. The zero-order chi connectivity index (χ0) is 12.4. The normalized spacial score (nSPS) is 24.6. The maximum atomic E-state index is 12.4. The van der Waals surface area contributed by atoms with Crippen molar-refractivity contribution in [2.24, 2.45) is 11.8 Å². The fourth-order valence-electron chi connectivity index (χ4n) is 2.48. The quantitative estimate of drug-likeness (QED) is 0.661. The van der Waals surface area contributed by atoms with Crippen LogP contribution in [0, 0.1) is 11.8 Å². The van der Waals surface area contributed by atoms with Gasteiger partial charge in [-0.1, -0.05) is 35.7 Å². The Bertz CT molecular complexity index is 422. The van der Waals surface area contributed by atoms with E-state index in [1.165, 1.54) is 0 Å². The van der Waals surface area contributed by atoms with Crippen molar-refractivity contribution in [1.82, 2.24) is 0 Å². The highest BCUT2D eigenvalue weighted by molar-refractivity contribution is 9.10. The van der Waals surface area contributed by atoms with E-state index in [0.29, 0.717) is 11.3 Å². The Morgan fingerprint density at radius 3 is 2.59 bits per heavy atom. The van der Waals surface area contributed by atoms with E-state index in [1.807, 2.05) is 12.1 Å². The number of hydrogen-bond acceptors (Lipinski definition) is 2. The van der Waals surface area contributed by atoms with Crippen LogP contribution >= 0.6 is 15.9 Å². The van der Waals surface area contributed by atoms with Gasteiger partial charge >= 0.3 is 0 Å². The number of carbonyl (C=O) groups is 1. The minimum absolute atomic E-state index is 0.169. The number of anilines is 1. The minimum atomic E-state index is 0.169. The number of nitrogens with two attached hydrogens (primary N) is 1. The van der Waals surface area contributed by atoms with Crippen molar-refractivity contribution in [3.63, 3.8) is 0 Å². The Balaban J connectivity index is 2.16. The topological polar surface area (TPSA) is 43.1 Å². The Morgan fingerprint density at radius 2 is 1.94 bits per heavy atom. The van der Waals surface area contributed by atoms with E-state index in [1.54, 1.807) is 6.07 Å². The zero-order valence-corrected chi connectivity index (χ0v) is 11.7. The fraction of sp³-hybridized carbons (Fsp3) is 0.500. The van der Waals surface area contributed by atoms with Crippen LogP contribution in [0.1, 0.15) is 43.0 Å². The molecule has 1 fully saturated rings. The van der Waals surface area contributed by atoms with E-state index in [-0.39, 0.29) is 11.7 Å². The molecule has 0 bridgehead atoms. The molecule has 1 saturated carbocycles. The van der Waals surface area contributed by atoms with Gasteiger partial charge in [0.05, 0.1) is 0 Å². The molecule has 17 heavy (non-hydrogen) atoms. The second kappa shape index (κ2) is 5.21. The van der Waals surface area contributed by atoms with Crippen molar-refractivity contribution >= 4 is 27.4 Å². The summed E-state index contributed by atoms with van der Waals surface area (Å²) in [5.74, 6) is 1.15. The smallest absolute Gasteiger partial charge is 0.168 e. The van der Waals surface area contributed by atoms with E-state index in [0.717, 1.165) is 36.1 Å². The van der Waals surface area contributed by atoms with Crippen LogP contribution in [0.3, 0.4) is 0 Å². The van der Waals surface area contributed by atoms with E-state index in [2.05, 4.69) is 22.9 Å². The molecule has 0 unspecified atom stereocenters. The van der Waals surface area contributed by atoms with Crippen molar-refractivity contribution < 1.29 is 4.79 Å². The van der Waals surface area contributed by atoms with Crippen LogP contribution in [0.25, 0.3) is 0 Å². The third-order valence-corrected chi connectivity index (χ3v) is 4.16. The molecule has 1 aliphatic carbocycles. The summed E-state index contributed by atoms with van der Waals surface area (Å²) in [5.41, 5.74) is 7.16. The second-order valence-corrected chi connectivity index (χ2v) is 5.97. The highest BCUT2D eigenvalue weighted by Gasteiger charge is 2.26. The maximum Gasteiger partial charge on any atom is 0.168 e. The largest absolute Gasteiger partial charge is 0.398 e. The van der Waals surface area contributed by atoms with Crippen LogP contribution in [0.4, 0.5) is 5.69 Å². The van der Waals surface area contributed by atoms with E-state index >= 15 is 0 Å². The lowest BCUT2D eigenvalue weighted by molar-refractivity contribution is 0.0876. The van der Waals surface area contributed by atoms with Gasteiger partial charge < -0.3 is 5.73 Å². The predicted octanol–water partition coefficient (Wildman–Crippen LogP) is 4.04. The summed E-state index contributed by atoms with van der Waals surface area (Å²) in [7, 11) is 0. The molecule has 0 aliphatic heterocycles. The van der Waals surface area contributed by atoms with Crippen molar-refractivity contribution in [2.45, 2.75) is 32.6 Å². The molecule has 2 N–H and O–H groups in total. The van der Waals surface area contributed by atoms with Gasteiger partial charge in [0.2, 0.25) is 0 Å². The SMILES string of the molecule is CC1CCC(C(=O)c2cc(Br)ccc2N)CC1. The van der Waals surface area contributed by atoms with Gasteiger partial charge in [0.15, 0.2) is 5.78 Å². The number of nitrogen functional groups attached to an aromatic ring is 1. The van der Waals surface area contributed by atoms with Gasteiger partial charge in [0.25, 0.3) is 0 Å². The maximum absolute atomic E-state index is 12.4. The summed E-state index contributed by atoms with van der Waals surface area (Å²) in [6, 6.07) is 5.51. The van der Waals surface area contributed by atoms with Gasteiger partial charge in [-0.05, 0) is 37.0 Å². The predicted molar refractivity (Wildman–Crippen MR) is 74.0 cm³/mol. The lowest BCUT2D eigenvalue weighted by atomic mass is 9.79. The van der Waals surface area contributed by atoms with Crippen LogP contribution in [0.2, 0.25) is 0 Å². The first-order valence-corrected chi connectivity index (χ1v) is 6.96. The molecule has 3 heteroatoms. The first kappa shape index (κ1) is 12.6. The Morgan fingerprint density at radius 1 is 1.29 bits per heavy atom. The molecule has 0 atom stereocenters. The summed E-state index contributed by atoms with van der Waals surface area (Å²) >= 11 is 3.39. The molecule has 1 aliphatic rings. The molecule has 0 aromatic heterocycles. The van der Waals surface area contributed by atoms with Crippen molar-refractivity contribution in [1.29, 1.82) is 0 Å². The number of hydrogen-bond donors (Lipinski definition) is 1. The summed E-state index contributed by atoms with van der Waals surface area (Å²) in [4.78, 5) is 12.4. The lowest BCUT2D eigenvalue weighted by Crippen LogP contribution is -2.21. The second-order valence-electron chi connectivity index (χ2n) is 5.05.